The van der Waals surface area contributed by atoms with Gasteiger partial charge >= 0.3 is 0 Å². The van der Waals surface area contributed by atoms with E-state index in [0.717, 1.165) is 48.6 Å². The van der Waals surface area contributed by atoms with Gasteiger partial charge in [-0.25, -0.2) is 32.0 Å². The maximum atomic E-state index is 13.8. The molecule has 1 saturated carbocycles. The Morgan fingerprint density at radius 1 is 0.953 bits per heavy atom. The van der Waals surface area contributed by atoms with Crippen molar-refractivity contribution in [1.29, 1.82) is 0 Å². The van der Waals surface area contributed by atoms with Gasteiger partial charge in [0.15, 0.2) is 0 Å². The van der Waals surface area contributed by atoms with Crippen molar-refractivity contribution in [3.8, 4) is 16.9 Å². The van der Waals surface area contributed by atoms with Crippen LogP contribution in [-0.4, -0.2) is 70.4 Å². The average molecular weight is 616 g/mol. The zero-order chi connectivity index (χ0) is 30.8. The molecule has 2 aromatic heterocycles. The zero-order valence-electron chi connectivity index (χ0n) is 24.8. The number of nitrogens with two attached hydrogens (primary N) is 1. The molecule has 0 amide bonds. The van der Waals surface area contributed by atoms with Crippen LogP contribution >= 0.6 is 0 Å². The number of anilines is 2. The molecule has 1 aliphatic carbocycles. The minimum Gasteiger partial charge on any atom is -0.387 e. The lowest BCUT2D eigenvalue weighted by Gasteiger charge is -2.36. The predicted molar refractivity (Wildman–Crippen MR) is 161 cm³/mol. The highest BCUT2D eigenvalue weighted by molar-refractivity contribution is 7.90. The Bertz CT molecular complexity index is 1620. The normalized spacial score (nSPS) is 20.8. The largest absolute Gasteiger partial charge is 0.387 e. The van der Waals surface area contributed by atoms with Crippen molar-refractivity contribution < 1.29 is 22.3 Å². The third-order valence-corrected chi connectivity index (χ3v) is 11.3. The third-order valence-electron chi connectivity index (χ3n) is 9.62. The molecule has 10 nitrogen and oxygen atoms in total. The quantitative estimate of drug-likeness (QED) is 0.401. The summed E-state index contributed by atoms with van der Waals surface area (Å²) in [5.41, 5.74) is 4.61. The number of hydrogen-bond donors (Lipinski definition) is 2. The Morgan fingerprint density at radius 3 is 2.23 bits per heavy atom. The van der Waals surface area contributed by atoms with Crippen LogP contribution in [-0.2, 0) is 10.0 Å². The Hall–Kier alpha value is -3.16. The number of aliphatic hydroxyl groups is 1. The SMILES string of the molecule is Cc1cc(-c2cn(-c3ccc(C(O)C(C)(C)S(N)(=O)=O)cc3N3CCC4(CC3)CC4)nn2)cc(N2CCC(F)(F)CC2)n1. The summed E-state index contributed by atoms with van der Waals surface area (Å²) >= 11 is 0. The van der Waals surface area contributed by atoms with Crippen LogP contribution < -0.4 is 14.9 Å². The molecule has 6 rings (SSSR count). The maximum Gasteiger partial charge on any atom is 0.251 e. The van der Waals surface area contributed by atoms with E-state index in [1.165, 1.54) is 26.7 Å². The first-order valence-corrected chi connectivity index (χ1v) is 16.4. The number of aliphatic hydroxyl groups excluding tert-OH is 1. The number of aryl methyl sites for hydroxylation is 1. The summed E-state index contributed by atoms with van der Waals surface area (Å²) in [7, 11) is -4.04. The standard InChI is InChI=1S/C30H39F2N7O3S/c1-20-16-22(18-26(34-20)38-14-10-30(31,32)11-15-38)23-19-39(36-35-23)24-5-4-21(27(40)28(2,3)43(33,41)42)17-25(24)37-12-8-29(6-7-29)9-13-37/h4-5,16-19,27,40H,6-15H2,1-3H3,(H2,33,41,42). The highest BCUT2D eigenvalue weighted by Gasteiger charge is 2.45. The first-order valence-electron chi connectivity index (χ1n) is 14.8. The van der Waals surface area contributed by atoms with Gasteiger partial charge < -0.3 is 14.9 Å². The van der Waals surface area contributed by atoms with Crippen molar-refractivity contribution >= 4 is 21.5 Å². The van der Waals surface area contributed by atoms with Crippen molar-refractivity contribution in [1.82, 2.24) is 20.0 Å². The maximum absolute atomic E-state index is 13.8. The van der Waals surface area contributed by atoms with Gasteiger partial charge in [-0.3, -0.25) is 0 Å². The number of nitrogens with zero attached hydrogens (tertiary/aromatic N) is 6. The van der Waals surface area contributed by atoms with Crippen molar-refractivity contribution in [2.24, 2.45) is 10.6 Å². The van der Waals surface area contributed by atoms with Crippen molar-refractivity contribution in [2.45, 2.75) is 76.1 Å². The highest BCUT2D eigenvalue weighted by Crippen LogP contribution is 2.54. The number of halogens is 2. The second-order valence-electron chi connectivity index (χ2n) is 13.0. The number of hydrogen-bond acceptors (Lipinski definition) is 8. The predicted octanol–water partition coefficient (Wildman–Crippen LogP) is 4.35. The summed E-state index contributed by atoms with van der Waals surface area (Å²) in [5.74, 6) is -2.00. The molecule has 1 unspecified atom stereocenters. The van der Waals surface area contributed by atoms with E-state index in [1.54, 1.807) is 10.7 Å². The van der Waals surface area contributed by atoms with E-state index in [0.29, 0.717) is 22.5 Å². The molecule has 1 atom stereocenters. The molecule has 3 N–H and O–H groups in total. The number of piperidine rings is 2. The number of pyridine rings is 1. The Labute approximate surface area is 250 Å². The van der Waals surface area contributed by atoms with Gasteiger partial charge in [0.25, 0.3) is 5.92 Å². The topological polar surface area (TPSA) is 130 Å². The molecule has 3 fully saturated rings. The van der Waals surface area contributed by atoms with Gasteiger partial charge in [-0.1, -0.05) is 11.3 Å². The lowest BCUT2D eigenvalue weighted by atomic mass is 9.92. The molecule has 1 spiro atoms. The van der Waals surface area contributed by atoms with E-state index in [4.69, 9.17) is 5.14 Å². The summed E-state index contributed by atoms with van der Waals surface area (Å²) in [5, 5.41) is 25.5. The van der Waals surface area contributed by atoms with Crippen LogP contribution in [0.5, 0.6) is 0 Å². The Morgan fingerprint density at radius 2 is 1.60 bits per heavy atom. The summed E-state index contributed by atoms with van der Waals surface area (Å²) in [6.07, 6.45) is 4.75. The number of primary sulfonamides is 1. The van der Waals surface area contributed by atoms with E-state index in [-0.39, 0.29) is 25.9 Å². The van der Waals surface area contributed by atoms with Gasteiger partial charge in [-0.2, -0.15) is 0 Å². The van der Waals surface area contributed by atoms with E-state index >= 15 is 0 Å². The molecule has 43 heavy (non-hydrogen) atoms. The molecule has 4 heterocycles. The molecule has 0 bridgehead atoms. The Kier molecular flexibility index (Phi) is 7.29. The number of aromatic nitrogens is 4. The van der Waals surface area contributed by atoms with Gasteiger partial charge in [0.1, 0.15) is 16.3 Å². The van der Waals surface area contributed by atoms with Gasteiger partial charge in [-0.05, 0) is 81.7 Å². The lowest BCUT2D eigenvalue weighted by molar-refractivity contribution is -0.0221. The third kappa shape index (κ3) is 5.86. The summed E-state index contributed by atoms with van der Waals surface area (Å²) < 4.78 is 52.2. The fourth-order valence-electron chi connectivity index (χ4n) is 6.15. The molecule has 1 aromatic carbocycles. The van der Waals surface area contributed by atoms with Gasteiger partial charge in [0.2, 0.25) is 10.0 Å². The molecule has 3 aromatic rings. The molecule has 232 valence electrons. The van der Waals surface area contributed by atoms with Crippen LogP contribution in [0.1, 0.15) is 69.7 Å². The molecule has 2 aliphatic heterocycles. The fourth-order valence-corrected chi connectivity index (χ4v) is 6.60. The molecular weight excluding hydrogens is 576 g/mol. The smallest absolute Gasteiger partial charge is 0.251 e. The fraction of sp³-hybridized carbons (Fsp3) is 0.567. The van der Waals surface area contributed by atoms with Gasteiger partial charge in [-0.15, -0.1) is 5.10 Å². The number of rotatable bonds is 7. The van der Waals surface area contributed by atoms with Crippen LogP contribution in [0.25, 0.3) is 16.9 Å². The van der Waals surface area contributed by atoms with E-state index < -0.39 is 26.8 Å². The molecule has 13 heteroatoms. The van der Waals surface area contributed by atoms with Crippen molar-refractivity contribution in [3.63, 3.8) is 0 Å². The second-order valence-corrected chi connectivity index (χ2v) is 15.2. The highest BCUT2D eigenvalue weighted by atomic mass is 32.2. The van der Waals surface area contributed by atoms with Crippen molar-refractivity contribution in [3.05, 3.63) is 47.8 Å². The minimum absolute atomic E-state index is 0.201. The molecule has 0 radical (unpaired) electrons. The van der Waals surface area contributed by atoms with Crippen LogP contribution in [0.3, 0.4) is 0 Å². The number of alkyl halides is 2. The van der Waals surface area contributed by atoms with E-state index in [9.17, 15) is 22.3 Å². The van der Waals surface area contributed by atoms with Gasteiger partial charge in [0, 0.05) is 50.3 Å². The average Bonchev–Trinajstić information content (AvgIpc) is 3.51. The van der Waals surface area contributed by atoms with Crippen molar-refractivity contribution in [2.75, 3.05) is 36.0 Å². The first kappa shape index (κ1) is 29.9. The molecule has 3 aliphatic rings. The summed E-state index contributed by atoms with van der Waals surface area (Å²) in [4.78, 5) is 8.74. The summed E-state index contributed by atoms with van der Waals surface area (Å²) in [6.45, 7) is 6.85. The van der Waals surface area contributed by atoms with Gasteiger partial charge in [0.05, 0.1) is 23.7 Å². The van der Waals surface area contributed by atoms with E-state index in [2.05, 4.69) is 20.2 Å². The van der Waals surface area contributed by atoms with Crippen LogP contribution in [0.2, 0.25) is 0 Å². The molecule has 2 saturated heterocycles. The number of benzene rings is 1. The monoisotopic (exact) mass is 615 g/mol. The zero-order valence-corrected chi connectivity index (χ0v) is 25.6. The Balaban J connectivity index is 1.34. The number of sulfonamides is 1. The lowest BCUT2D eigenvalue weighted by Crippen LogP contribution is -2.43. The molecular formula is C30H39F2N7O3S. The van der Waals surface area contributed by atoms with Crippen LogP contribution in [0.4, 0.5) is 20.3 Å². The summed E-state index contributed by atoms with van der Waals surface area (Å²) in [6, 6.07) is 9.11. The second kappa shape index (κ2) is 10.5. The van der Waals surface area contributed by atoms with Crippen LogP contribution in [0, 0.1) is 12.3 Å². The van der Waals surface area contributed by atoms with E-state index in [1.807, 2.05) is 42.3 Å². The first-order chi connectivity index (χ1) is 20.2. The minimum atomic E-state index is -4.04. The van der Waals surface area contributed by atoms with Crippen LogP contribution in [0.15, 0.2) is 36.5 Å².